The Balaban J connectivity index is 1.84. The topological polar surface area (TPSA) is 203 Å². The number of non-ortho nitro benzene ring substituents is 1. The molecule has 14 heteroatoms. The van der Waals surface area contributed by atoms with Gasteiger partial charge in [-0.2, -0.15) is 0 Å². The minimum atomic E-state index is -1.00. The van der Waals surface area contributed by atoms with Crippen LogP contribution in [0.2, 0.25) is 0 Å². The summed E-state index contributed by atoms with van der Waals surface area (Å²) in [5.74, 6) is -3.24. The van der Waals surface area contributed by atoms with Crippen molar-refractivity contribution in [2.24, 2.45) is 17.6 Å². The van der Waals surface area contributed by atoms with Crippen LogP contribution in [0.1, 0.15) is 40.5 Å². The summed E-state index contributed by atoms with van der Waals surface area (Å²) in [7, 11) is 0. The minimum absolute atomic E-state index is 0.0676. The third-order valence-electron chi connectivity index (χ3n) is 6.22. The third kappa shape index (κ3) is 9.02. The Labute approximate surface area is 226 Å². The second-order valence-electron chi connectivity index (χ2n) is 9.91. The zero-order valence-corrected chi connectivity index (χ0v) is 22.5. The minimum Gasteiger partial charge on any atom is -0.425 e. The molecule has 0 saturated carbocycles. The van der Waals surface area contributed by atoms with Crippen molar-refractivity contribution in [3.05, 3.63) is 34.4 Å². The lowest BCUT2D eigenvalue weighted by molar-refractivity contribution is -0.384. The molecule has 1 saturated heterocycles. The maximum Gasteiger partial charge on any atom is 0.330 e. The molecule has 0 aromatic heterocycles. The van der Waals surface area contributed by atoms with Crippen LogP contribution >= 0.6 is 0 Å². The first-order valence-electron chi connectivity index (χ1n) is 12.7. The van der Waals surface area contributed by atoms with Crippen LogP contribution < -0.4 is 26.4 Å². The molecule has 1 fully saturated rings. The van der Waals surface area contributed by atoms with E-state index in [-0.39, 0.29) is 29.2 Å². The van der Waals surface area contributed by atoms with Crippen LogP contribution in [0.5, 0.6) is 5.75 Å². The molecule has 1 aromatic rings. The van der Waals surface area contributed by atoms with Crippen LogP contribution in [0.3, 0.4) is 0 Å². The van der Waals surface area contributed by atoms with Gasteiger partial charge in [-0.1, -0.05) is 27.7 Å². The lowest BCUT2D eigenvalue weighted by Gasteiger charge is -2.28. The molecular weight excluding hydrogens is 512 g/mol. The summed E-state index contributed by atoms with van der Waals surface area (Å²) in [5, 5.41) is 18.1. The number of hydrogen-bond acceptors (Lipinski definition) is 9. The number of carbonyl (C=O) groups is 5. The van der Waals surface area contributed by atoms with E-state index >= 15 is 0 Å². The summed E-state index contributed by atoms with van der Waals surface area (Å²) in [6, 6.07) is 2.40. The highest BCUT2D eigenvalue weighted by molar-refractivity contribution is 5.94. The standard InChI is InChI=1S/C25H36N6O8/c1-14(2)21(26)25(36)30-11-5-6-18(30)23(34)27-12-19(32)29-22(15(3)4)24(35)28-13-20(33)39-17-9-7-16(8-10-17)31(37)38/h7-10,14-15,18,21-22H,5-6,11-13,26H2,1-4H3,(H,27,34)(H,28,35)(H,29,32)/t18-,21-,22-/m0/s1. The molecule has 214 valence electrons. The molecule has 0 unspecified atom stereocenters. The van der Waals surface area contributed by atoms with Gasteiger partial charge in [-0.25, -0.2) is 4.79 Å². The first kappa shape index (κ1) is 31.1. The van der Waals surface area contributed by atoms with Gasteiger partial charge in [-0.15, -0.1) is 0 Å². The molecule has 1 heterocycles. The van der Waals surface area contributed by atoms with Crippen LogP contribution in [0.15, 0.2) is 24.3 Å². The molecule has 39 heavy (non-hydrogen) atoms. The van der Waals surface area contributed by atoms with E-state index in [1.165, 1.54) is 29.2 Å². The second kappa shape index (κ2) is 14.2. The maximum atomic E-state index is 12.7. The van der Waals surface area contributed by atoms with Crippen LogP contribution in [-0.2, 0) is 24.0 Å². The van der Waals surface area contributed by atoms with Gasteiger partial charge in [0.05, 0.1) is 17.5 Å². The molecule has 5 N–H and O–H groups in total. The van der Waals surface area contributed by atoms with Gasteiger partial charge in [0, 0.05) is 18.7 Å². The highest BCUT2D eigenvalue weighted by Gasteiger charge is 2.37. The summed E-state index contributed by atoms with van der Waals surface area (Å²) < 4.78 is 5.04. The van der Waals surface area contributed by atoms with E-state index in [2.05, 4.69) is 16.0 Å². The SMILES string of the molecule is CC(C)[C@H](N)C(=O)N1CCC[C@H]1C(=O)NCC(=O)N[C@H](C(=O)NCC(=O)Oc1ccc([N+](=O)[O-])cc1)C(C)C. The molecule has 0 aliphatic carbocycles. The Kier molecular flexibility index (Phi) is 11.3. The highest BCUT2D eigenvalue weighted by atomic mass is 16.6. The summed E-state index contributed by atoms with van der Waals surface area (Å²) in [6.45, 7) is 6.52. The van der Waals surface area contributed by atoms with E-state index in [1.54, 1.807) is 13.8 Å². The number of amides is 4. The smallest absolute Gasteiger partial charge is 0.330 e. The van der Waals surface area contributed by atoms with Gasteiger partial charge in [-0.3, -0.25) is 29.3 Å². The van der Waals surface area contributed by atoms with Gasteiger partial charge >= 0.3 is 5.97 Å². The van der Waals surface area contributed by atoms with Gasteiger partial charge < -0.3 is 31.3 Å². The molecule has 1 aliphatic rings. The number of benzene rings is 1. The molecule has 0 bridgehead atoms. The Bertz CT molecular complexity index is 1070. The Morgan fingerprint density at radius 3 is 2.26 bits per heavy atom. The fourth-order valence-electron chi connectivity index (χ4n) is 3.90. The first-order chi connectivity index (χ1) is 18.3. The van der Waals surface area contributed by atoms with E-state index in [4.69, 9.17) is 10.5 Å². The number of nitrogens with one attached hydrogen (secondary N) is 3. The fourth-order valence-corrected chi connectivity index (χ4v) is 3.90. The molecule has 14 nitrogen and oxygen atoms in total. The monoisotopic (exact) mass is 548 g/mol. The molecular formula is C25H36N6O8. The number of nitrogens with two attached hydrogens (primary N) is 1. The third-order valence-corrected chi connectivity index (χ3v) is 6.22. The molecule has 1 aromatic carbocycles. The van der Waals surface area contributed by atoms with E-state index in [0.29, 0.717) is 19.4 Å². The average Bonchev–Trinajstić information content (AvgIpc) is 3.38. The van der Waals surface area contributed by atoms with Crippen molar-refractivity contribution in [2.45, 2.75) is 58.7 Å². The van der Waals surface area contributed by atoms with Crippen molar-refractivity contribution >= 4 is 35.3 Å². The summed E-state index contributed by atoms with van der Waals surface area (Å²) in [4.78, 5) is 74.1. The van der Waals surface area contributed by atoms with Crippen molar-refractivity contribution in [1.82, 2.24) is 20.9 Å². The van der Waals surface area contributed by atoms with Crippen molar-refractivity contribution in [3.63, 3.8) is 0 Å². The number of nitro groups is 1. The number of rotatable bonds is 12. The second-order valence-corrected chi connectivity index (χ2v) is 9.91. The van der Waals surface area contributed by atoms with E-state index in [9.17, 15) is 34.1 Å². The number of ether oxygens (including phenoxy) is 1. The van der Waals surface area contributed by atoms with Crippen LogP contribution in [-0.4, -0.2) is 77.2 Å². The zero-order valence-electron chi connectivity index (χ0n) is 22.5. The predicted octanol–water partition coefficient (Wildman–Crippen LogP) is -0.152. The highest BCUT2D eigenvalue weighted by Crippen LogP contribution is 2.20. The number of nitro benzene ring substituents is 1. The summed E-state index contributed by atoms with van der Waals surface area (Å²) in [5.41, 5.74) is 5.79. The van der Waals surface area contributed by atoms with E-state index in [0.717, 1.165) is 0 Å². The van der Waals surface area contributed by atoms with Gasteiger partial charge in [0.15, 0.2) is 0 Å². The van der Waals surface area contributed by atoms with E-state index in [1.807, 2.05) is 13.8 Å². The first-order valence-corrected chi connectivity index (χ1v) is 12.7. The molecule has 0 radical (unpaired) electrons. The molecule has 4 amide bonds. The largest absolute Gasteiger partial charge is 0.425 e. The van der Waals surface area contributed by atoms with Crippen molar-refractivity contribution in [1.29, 1.82) is 0 Å². The van der Waals surface area contributed by atoms with Gasteiger partial charge in [0.1, 0.15) is 24.4 Å². The van der Waals surface area contributed by atoms with Gasteiger partial charge in [0.25, 0.3) is 5.69 Å². The number of esters is 1. The fraction of sp³-hybridized carbons (Fsp3) is 0.560. The normalized spacial score (nSPS) is 16.4. The summed E-state index contributed by atoms with van der Waals surface area (Å²) in [6.07, 6.45) is 1.10. The number of hydrogen-bond donors (Lipinski definition) is 4. The van der Waals surface area contributed by atoms with Crippen LogP contribution in [0, 0.1) is 22.0 Å². The van der Waals surface area contributed by atoms with Crippen LogP contribution in [0.4, 0.5) is 5.69 Å². The number of carbonyl (C=O) groups excluding carboxylic acids is 5. The Morgan fingerprint density at radius 1 is 1.05 bits per heavy atom. The molecule has 0 spiro atoms. The van der Waals surface area contributed by atoms with Gasteiger partial charge in [-0.05, 0) is 36.8 Å². The quantitative estimate of drug-likeness (QED) is 0.118. The Hall–Kier alpha value is -4.07. The number of likely N-dealkylation sites (tertiary alicyclic amines) is 1. The van der Waals surface area contributed by atoms with Gasteiger partial charge in [0.2, 0.25) is 23.6 Å². The molecule has 2 rings (SSSR count). The Morgan fingerprint density at radius 2 is 1.69 bits per heavy atom. The molecule has 3 atom stereocenters. The van der Waals surface area contributed by atoms with Crippen molar-refractivity contribution < 1.29 is 33.6 Å². The van der Waals surface area contributed by atoms with Crippen molar-refractivity contribution in [2.75, 3.05) is 19.6 Å². The lowest BCUT2D eigenvalue weighted by Crippen LogP contribution is -2.55. The van der Waals surface area contributed by atoms with E-state index < -0.39 is 59.8 Å². The predicted molar refractivity (Wildman–Crippen MR) is 139 cm³/mol. The maximum absolute atomic E-state index is 12.7. The summed E-state index contributed by atoms with van der Waals surface area (Å²) >= 11 is 0. The zero-order chi connectivity index (χ0) is 29.3. The number of nitrogens with zero attached hydrogens (tertiary/aromatic N) is 2. The average molecular weight is 549 g/mol. The van der Waals surface area contributed by atoms with Crippen LogP contribution in [0.25, 0.3) is 0 Å². The van der Waals surface area contributed by atoms with Crippen molar-refractivity contribution in [3.8, 4) is 5.75 Å². The lowest BCUT2D eigenvalue weighted by atomic mass is 10.0. The molecule has 1 aliphatic heterocycles.